The van der Waals surface area contributed by atoms with Gasteiger partial charge >= 0.3 is 0 Å². The third-order valence-electron chi connectivity index (χ3n) is 2.92. The average molecular weight is 229 g/mol. The standard InChI is InChI=1S/C14H19N3/c1-2-14-16-10-13(8-9-15)17(14)11-12-6-4-3-5-7-12/h3-7,10H,2,8-9,11,15H2,1H3. The van der Waals surface area contributed by atoms with Gasteiger partial charge in [-0.05, 0) is 12.1 Å². The number of aromatic nitrogens is 2. The maximum Gasteiger partial charge on any atom is 0.108 e. The zero-order chi connectivity index (χ0) is 12.1. The van der Waals surface area contributed by atoms with Gasteiger partial charge in [0.15, 0.2) is 0 Å². The molecule has 0 spiro atoms. The summed E-state index contributed by atoms with van der Waals surface area (Å²) >= 11 is 0. The van der Waals surface area contributed by atoms with E-state index in [1.54, 1.807) is 0 Å². The summed E-state index contributed by atoms with van der Waals surface area (Å²) < 4.78 is 2.28. The molecule has 1 aromatic heterocycles. The fourth-order valence-electron chi connectivity index (χ4n) is 2.04. The van der Waals surface area contributed by atoms with Gasteiger partial charge in [-0.1, -0.05) is 37.3 Å². The zero-order valence-electron chi connectivity index (χ0n) is 10.3. The van der Waals surface area contributed by atoms with Gasteiger partial charge in [0, 0.05) is 31.3 Å². The van der Waals surface area contributed by atoms with E-state index in [-0.39, 0.29) is 0 Å². The minimum atomic E-state index is 0.670. The third kappa shape index (κ3) is 2.74. The van der Waals surface area contributed by atoms with E-state index in [2.05, 4.69) is 40.7 Å². The second kappa shape index (κ2) is 5.64. The van der Waals surface area contributed by atoms with E-state index in [0.29, 0.717) is 6.54 Å². The first kappa shape index (κ1) is 11.9. The van der Waals surface area contributed by atoms with Crippen LogP contribution in [-0.2, 0) is 19.4 Å². The molecule has 0 atom stereocenters. The van der Waals surface area contributed by atoms with Crippen LogP contribution in [0.25, 0.3) is 0 Å². The monoisotopic (exact) mass is 229 g/mol. The molecule has 0 aliphatic heterocycles. The molecule has 2 aromatic rings. The maximum atomic E-state index is 5.63. The number of aryl methyl sites for hydroxylation is 1. The summed E-state index contributed by atoms with van der Waals surface area (Å²) in [5.41, 5.74) is 8.17. The van der Waals surface area contributed by atoms with Crippen molar-refractivity contribution in [3.05, 3.63) is 53.6 Å². The van der Waals surface area contributed by atoms with Gasteiger partial charge in [-0.2, -0.15) is 0 Å². The zero-order valence-corrected chi connectivity index (χ0v) is 10.3. The van der Waals surface area contributed by atoms with E-state index < -0.39 is 0 Å². The largest absolute Gasteiger partial charge is 0.330 e. The molecule has 0 fully saturated rings. The van der Waals surface area contributed by atoms with Crippen LogP contribution in [0.3, 0.4) is 0 Å². The smallest absolute Gasteiger partial charge is 0.108 e. The Bertz CT molecular complexity index is 460. The average Bonchev–Trinajstić information content (AvgIpc) is 2.74. The van der Waals surface area contributed by atoms with Crippen LogP contribution in [0.15, 0.2) is 36.5 Å². The van der Waals surface area contributed by atoms with E-state index in [9.17, 15) is 0 Å². The molecule has 2 N–H and O–H groups in total. The number of hydrogen-bond donors (Lipinski definition) is 1. The summed E-state index contributed by atoms with van der Waals surface area (Å²) in [6.07, 6.45) is 3.80. The van der Waals surface area contributed by atoms with Crippen molar-refractivity contribution in [1.82, 2.24) is 9.55 Å². The van der Waals surface area contributed by atoms with Gasteiger partial charge in [-0.25, -0.2) is 4.98 Å². The lowest BCUT2D eigenvalue weighted by atomic mass is 10.2. The van der Waals surface area contributed by atoms with Gasteiger partial charge in [-0.15, -0.1) is 0 Å². The molecule has 17 heavy (non-hydrogen) atoms. The third-order valence-corrected chi connectivity index (χ3v) is 2.92. The Labute approximate surface area is 102 Å². The quantitative estimate of drug-likeness (QED) is 0.852. The van der Waals surface area contributed by atoms with E-state index in [4.69, 9.17) is 5.73 Å². The maximum absolute atomic E-state index is 5.63. The highest BCUT2D eigenvalue weighted by molar-refractivity contribution is 5.18. The molecule has 0 bridgehead atoms. The van der Waals surface area contributed by atoms with Gasteiger partial charge in [0.25, 0.3) is 0 Å². The van der Waals surface area contributed by atoms with Crippen LogP contribution in [0, 0.1) is 0 Å². The molecule has 1 heterocycles. The Morgan fingerprint density at radius 2 is 2.00 bits per heavy atom. The first-order valence-corrected chi connectivity index (χ1v) is 6.12. The van der Waals surface area contributed by atoms with Crippen LogP contribution in [-0.4, -0.2) is 16.1 Å². The van der Waals surface area contributed by atoms with Crippen molar-refractivity contribution in [1.29, 1.82) is 0 Å². The lowest BCUT2D eigenvalue weighted by molar-refractivity contribution is 0.688. The Hall–Kier alpha value is -1.61. The fourth-order valence-corrected chi connectivity index (χ4v) is 2.04. The highest BCUT2D eigenvalue weighted by atomic mass is 15.1. The number of rotatable bonds is 5. The normalized spacial score (nSPS) is 10.7. The van der Waals surface area contributed by atoms with Crippen LogP contribution in [0.2, 0.25) is 0 Å². The second-order valence-electron chi connectivity index (χ2n) is 4.13. The van der Waals surface area contributed by atoms with Crippen LogP contribution < -0.4 is 5.73 Å². The molecule has 3 nitrogen and oxygen atoms in total. The highest BCUT2D eigenvalue weighted by Crippen LogP contribution is 2.11. The Morgan fingerprint density at radius 1 is 1.24 bits per heavy atom. The predicted octanol–water partition coefficient (Wildman–Crippen LogP) is 1.99. The number of imidazole rings is 1. The summed E-state index contributed by atoms with van der Waals surface area (Å²) in [4.78, 5) is 4.46. The van der Waals surface area contributed by atoms with Crippen molar-refractivity contribution < 1.29 is 0 Å². The summed E-state index contributed by atoms with van der Waals surface area (Å²) in [6, 6.07) is 10.5. The van der Waals surface area contributed by atoms with Gasteiger partial charge in [0.1, 0.15) is 5.82 Å². The van der Waals surface area contributed by atoms with Gasteiger partial charge in [-0.3, -0.25) is 0 Å². The molecule has 0 saturated carbocycles. The Balaban J connectivity index is 2.26. The first-order valence-electron chi connectivity index (χ1n) is 6.12. The summed E-state index contributed by atoms with van der Waals surface area (Å²) in [6.45, 7) is 3.69. The van der Waals surface area contributed by atoms with Crippen molar-refractivity contribution in [2.24, 2.45) is 5.73 Å². The number of benzene rings is 1. The van der Waals surface area contributed by atoms with Crippen molar-refractivity contribution in [2.75, 3.05) is 6.54 Å². The summed E-state index contributed by atoms with van der Waals surface area (Å²) in [5, 5.41) is 0. The molecule has 0 amide bonds. The molecular weight excluding hydrogens is 210 g/mol. The fraction of sp³-hybridized carbons (Fsp3) is 0.357. The van der Waals surface area contributed by atoms with Crippen LogP contribution in [0.1, 0.15) is 24.0 Å². The highest BCUT2D eigenvalue weighted by Gasteiger charge is 2.08. The topological polar surface area (TPSA) is 43.8 Å². The van der Waals surface area contributed by atoms with Crippen molar-refractivity contribution in [3.63, 3.8) is 0 Å². The predicted molar refractivity (Wildman–Crippen MR) is 69.9 cm³/mol. The molecule has 1 aromatic carbocycles. The van der Waals surface area contributed by atoms with Crippen LogP contribution in [0.4, 0.5) is 0 Å². The number of nitrogens with zero attached hydrogens (tertiary/aromatic N) is 2. The van der Waals surface area contributed by atoms with Crippen molar-refractivity contribution >= 4 is 0 Å². The van der Waals surface area contributed by atoms with Gasteiger partial charge in [0.2, 0.25) is 0 Å². The van der Waals surface area contributed by atoms with Crippen LogP contribution in [0.5, 0.6) is 0 Å². The van der Waals surface area contributed by atoms with Crippen molar-refractivity contribution in [3.8, 4) is 0 Å². The molecule has 0 aliphatic carbocycles. The molecule has 0 saturated heterocycles. The molecule has 0 unspecified atom stereocenters. The Kier molecular flexibility index (Phi) is 3.94. The van der Waals surface area contributed by atoms with Crippen LogP contribution >= 0.6 is 0 Å². The van der Waals surface area contributed by atoms with E-state index in [1.807, 2.05) is 12.3 Å². The van der Waals surface area contributed by atoms with Gasteiger partial charge in [0.05, 0.1) is 0 Å². The number of hydrogen-bond acceptors (Lipinski definition) is 2. The Morgan fingerprint density at radius 3 is 2.65 bits per heavy atom. The number of nitrogens with two attached hydrogens (primary N) is 1. The molecular formula is C14H19N3. The minimum Gasteiger partial charge on any atom is -0.330 e. The molecule has 3 heteroatoms. The second-order valence-corrected chi connectivity index (χ2v) is 4.13. The van der Waals surface area contributed by atoms with E-state index >= 15 is 0 Å². The molecule has 0 radical (unpaired) electrons. The molecule has 0 aliphatic rings. The minimum absolute atomic E-state index is 0.670. The van der Waals surface area contributed by atoms with Crippen molar-refractivity contribution in [2.45, 2.75) is 26.3 Å². The lowest BCUT2D eigenvalue weighted by Crippen LogP contribution is -2.12. The molecule has 2 rings (SSSR count). The van der Waals surface area contributed by atoms with Gasteiger partial charge < -0.3 is 10.3 Å². The van der Waals surface area contributed by atoms with E-state index in [0.717, 1.165) is 25.2 Å². The summed E-state index contributed by atoms with van der Waals surface area (Å²) in [7, 11) is 0. The molecule has 90 valence electrons. The summed E-state index contributed by atoms with van der Waals surface area (Å²) in [5.74, 6) is 1.14. The van der Waals surface area contributed by atoms with E-state index in [1.165, 1.54) is 11.3 Å². The first-order chi connectivity index (χ1) is 8.35. The lowest BCUT2D eigenvalue weighted by Gasteiger charge is -2.11. The SMILES string of the molecule is CCc1ncc(CCN)n1Cc1ccccc1.